The van der Waals surface area contributed by atoms with Crippen LogP contribution in [-0.2, 0) is 9.57 Å². The molecule has 0 amide bonds. The third-order valence-corrected chi connectivity index (χ3v) is 1.31. The van der Waals surface area contributed by atoms with E-state index in [0.29, 0.717) is 6.61 Å². The zero-order chi connectivity index (χ0) is 5.82. The number of ether oxygens (including phenoxy) is 1. The average molecular weight is 117 g/mol. The molecule has 1 aliphatic heterocycles. The number of hydrogen-bond acceptors (Lipinski definition) is 3. The molecule has 8 heavy (non-hydrogen) atoms. The first kappa shape index (κ1) is 6.01. The molecule has 0 spiro atoms. The first-order valence-electron chi connectivity index (χ1n) is 2.87. The van der Waals surface area contributed by atoms with Crippen LogP contribution in [0, 0.1) is 0 Å². The van der Waals surface area contributed by atoms with Gasteiger partial charge < -0.3 is 4.74 Å². The van der Waals surface area contributed by atoms with Crippen molar-refractivity contribution in [1.29, 1.82) is 0 Å². The molecule has 0 bridgehead atoms. The summed E-state index contributed by atoms with van der Waals surface area (Å²) < 4.78 is 5.07. The summed E-state index contributed by atoms with van der Waals surface area (Å²) in [5.74, 6) is 4.92. The maximum atomic E-state index is 5.07. The zero-order valence-electron chi connectivity index (χ0n) is 4.80. The van der Waals surface area contributed by atoms with Crippen molar-refractivity contribution in [2.75, 3.05) is 13.2 Å². The van der Waals surface area contributed by atoms with Crippen LogP contribution in [0.1, 0.15) is 12.8 Å². The molecule has 2 N–H and O–H groups in total. The maximum Gasteiger partial charge on any atom is 0.102 e. The third-order valence-electron chi connectivity index (χ3n) is 1.31. The molecule has 0 saturated carbocycles. The van der Waals surface area contributed by atoms with E-state index >= 15 is 0 Å². The summed E-state index contributed by atoms with van der Waals surface area (Å²) in [6.45, 7) is 1.52. The predicted octanol–water partition coefficient (Wildman–Crippen LogP) is 0.0557. The van der Waals surface area contributed by atoms with E-state index in [1.54, 1.807) is 0 Å². The van der Waals surface area contributed by atoms with Gasteiger partial charge in [0.25, 0.3) is 0 Å². The van der Waals surface area contributed by atoms with Crippen molar-refractivity contribution >= 4 is 0 Å². The van der Waals surface area contributed by atoms with Gasteiger partial charge >= 0.3 is 0 Å². The van der Waals surface area contributed by atoms with Gasteiger partial charge in [-0.2, -0.15) is 0 Å². The van der Waals surface area contributed by atoms with Crippen molar-refractivity contribution in [3.8, 4) is 0 Å². The lowest BCUT2D eigenvalue weighted by Crippen LogP contribution is -2.27. The molecule has 0 aliphatic carbocycles. The molecular formula is C5H11NO2. The second-order valence-electron chi connectivity index (χ2n) is 1.98. The first-order chi connectivity index (χ1) is 3.93. The van der Waals surface area contributed by atoms with Gasteiger partial charge in [-0.05, 0) is 12.8 Å². The Kier molecular flexibility index (Phi) is 2.27. The lowest BCUT2D eigenvalue weighted by molar-refractivity contribution is -0.0512. The van der Waals surface area contributed by atoms with Crippen LogP contribution in [0.25, 0.3) is 0 Å². The fourth-order valence-corrected chi connectivity index (χ4v) is 0.819. The van der Waals surface area contributed by atoms with Crippen LogP contribution in [-0.4, -0.2) is 19.3 Å². The Balaban J connectivity index is 2.13. The van der Waals surface area contributed by atoms with Gasteiger partial charge in [0.15, 0.2) is 0 Å². The smallest absolute Gasteiger partial charge is 0.102 e. The molecule has 1 saturated heterocycles. The Labute approximate surface area is 48.7 Å². The standard InChI is InChI=1S/C5H11NO2/c6-8-5-2-1-3-7-4-5/h5H,1-4,6H2. The van der Waals surface area contributed by atoms with Gasteiger partial charge in [0.1, 0.15) is 6.10 Å². The minimum absolute atomic E-state index is 0.142. The summed E-state index contributed by atoms with van der Waals surface area (Å²) in [6.07, 6.45) is 2.25. The van der Waals surface area contributed by atoms with Gasteiger partial charge in [-0.25, -0.2) is 5.90 Å². The molecule has 1 fully saturated rings. The minimum atomic E-state index is 0.142. The van der Waals surface area contributed by atoms with E-state index < -0.39 is 0 Å². The Morgan fingerprint density at radius 2 is 2.50 bits per heavy atom. The van der Waals surface area contributed by atoms with E-state index in [0.717, 1.165) is 19.4 Å². The Morgan fingerprint density at radius 3 is 2.88 bits per heavy atom. The highest BCUT2D eigenvalue weighted by Crippen LogP contribution is 2.06. The van der Waals surface area contributed by atoms with Crippen molar-refractivity contribution in [2.24, 2.45) is 5.90 Å². The number of rotatable bonds is 1. The topological polar surface area (TPSA) is 44.5 Å². The van der Waals surface area contributed by atoms with Crippen LogP contribution >= 0.6 is 0 Å². The summed E-state index contributed by atoms with van der Waals surface area (Å²) in [5.41, 5.74) is 0. The van der Waals surface area contributed by atoms with Crippen LogP contribution in [0.4, 0.5) is 0 Å². The van der Waals surface area contributed by atoms with Crippen molar-refractivity contribution in [3.63, 3.8) is 0 Å². The summed E-state index contributed by atoms with van der Waals surface area (Å²) in [4.78, 5) is 4.57. The molecule has 3 nitrogen and oxygen atoms in total. The van der Waals surface area contributed by atoms with Crippen LogP contribution < -0.4 is 5.90 Å². The zero-order valence-corrected chi connectivity index (χ0v) is 4.80. The summed E-state index contributed by atoms with van der Waals surface area (Å²) in [5, 5.41) is 0. The van der Waals surface area contributed by atoms with Crippen molar-refractivity contribution in [3.05, 3.63) is 0 Å². The van der Waals surface area contributed by atoms with E-state index in [9.17, 15) is 0 Å². The molecule has 48 valence electrons. The van der Waals surface area contributed by atoms with E-state index in [1.807, 2.05) is 0 Å². The molecular weight excluding hydrogens is 106 g/mol. The fraction of sp³-hybridized carbons (Fsp3) is 1.00. The van der Waals surface area contributed by atoms with Gasteiger partial charge in [-0.1, -0.05) is 0 Å². The molecule has 0 aromatic rings. The molecule has 1 unspecified atom stereocenters. The predicted molar refractivity (Wildman–Crippen MR) is 29.1 cm³/mol. The number of hydrogen-bond donors (Lipinski definition) is 1. The maximum absolute atomic E-state index is 5.07. The third kappa shape index (κ3) is 1.43. The average Bonchev–Trinajstić information content (AvgIpc) is 1.90. The Bertz CT molecular complexity index is 61.4. The van der Waals surface area contributed by atoms with Gasteiger partial charge in [0.2, 0.25) is 0 Å². The molecule has 1 rings (SSSR count). The largest absolute Gasteiger partial charge is 0.379 e. The Hall–Kier alpha value is -0.120. The molecule has 3 heteroatoms. The molecule has 0 aromatic heterocycles. The highest BCUT2D eigenvalue weighted by Gasteiger charge is 2.11. The van der Waals surface area contributed by atoms with Crippen LogP contribution in [0.3, 0.4) is 0 Å². The second-order valence-corrected chi connectivity index (χ2v) is 1.98. The SMILES string of the molecule is NOC1CCCOC1. The molecule has 1 aliphatic rings. The van der Waals surface area contributed by atoms with Crippen LogP contribution in [0.5, 0.6) is 0 Å². The summed E-state index contributed by atoms with van der Waals surface area (Å²) in [7, 11) is 0. The normalized spacial score (nSPS) is 30.4. The van der Waals surface area contributed by atoms with Gasteiger partial charge in [0, 0.05) is 6.61 Å². The lowest BCUT2D eigenvalue weighted by Gasteiger charge is -2.18. The first-order valence-corrected chi connectivity index (χ1v) is 2.87. The summed E-state index contributed by atoms with van der Waals surface area (Å²) in [6, 6.07) is 0. The monoisotopic (exact) mass is 117 g/mol. The van der Waals surface area contributed by atoms with E-state index in [1.165, 1.54) is 0 Å². The van der Waals surface area contributed by atoms with Gasteiger partial charge in [-0.15, -0.1) is 0 Å². The number of nitrogens with two attached hydrogens (primary N) is 1. The molecule has 1 heterocycles. The highest BCUT2D eigenvalue weighted by molar-refractivity contribution is 4.59. The van der Waals surface area contributed by atoms with E-state index in [-0.39, 0.29) is 6.10 Å². The minimum Gasteiger partial charge on any atom is -0.379 e. The van der Waals surface area contributed by atoms with Gasteiger partial charge in [0.05, 0.1) is 6.61 Å². The van der Waals surface area contributed by atoms with E-state index in [2.05, 4.69) is 4.84 Å². The Morgan fingerprint density at radius 1 is 1.62 bits per heavy atom. The van der Waals surface area contributed by atoms with Crippen LogP contribution in [0.2, 0.25) is 0 Å². The van der Waals surface area contributed by atoms with Gasteiger partial charge in [-0.3, -0.25) is 4.84 Å². The van der Waals surface area contributed by atoms with E-state index in [4.69, 9.17) is 10.6 Å². The highest BCUT2D eigenvalue weighted by atomic mass is 16.6. The fourth-order valence-electron chi connectivity index (χ4n) is 0.819. The molecule has 0 aromatic carbocycles. The van der Waals surface area contributed by atoms with Crippen molar-refractivity contribution < 1.29 is 9.57 Å². The molecule has 0 radical (unpaired) electrons. The lowest BCUT2D eigenvalue weighted by atomic mass is 10.2. The van der Waals surface area contributed by atoms with Crippen molar-refractivity contribution in [1.82, 2.24) is 0 Å². The molecule has 1 atom stereocenters. The quantitative estimate of drug-likeness (QED) is 0.494. The second kappa shape index (κ2) is 3.02. The van der Waals surface area contributed by atoms with Crippen molar-refractivity contribution in [2.45, 2.75) is 18.9 Å². The summed E-state index contributed by atoms with van der Waals surface area (Å²) >= 11 is 0. The van der Waals surface area contributed by atoms with Crippen LogP contribution in [0.15, 0.2) is 0 Å².